The highest BCUT2D eigenvalue weighted by atomic mass is 16.3. The Hall–Kier alpha value is -1.64. The van der Waals surface area contributed by atoms with E-state index in [1.165, 1.54) is 125 Å². The van der Waals surface area contributed by atoms with Crippen molar-refractivity contribution < 1.29 is 10.2 Å². The summed E-state index contributed by atoms with van der Waals surface area (Å²) in [7, 11) is 0. The molecule has 56 heavy (non-hydrogen) atoms. The van der Waals surface area contributed by atoms with Crippen LogP contribution in [0.2, 0.25) is 0 Å². The Kier molecular flexibility index (Phi) is 16.7. The zero-order chi connectivity index (χ0) is 40.6. The van der Waals surface area contributed by atoms with Gasteiger partial charge in [0.1, 0.15) is 0 Å². The summed E-state index contributed by atoms with van der Waals surface area (Å²) < 4.78 is 0. The zero-order valence-corrected chi connectivity index (χ0v) is 37.9. The van der Waals surface area contributed by atoms with Gasteiger partial charge in [0.05, 0.1) is 12.2 Å². The minimum Gasteiger partial charge on any atom is -0.393 e. The molecule has 0 saturated heterocycles. The standard InChI is InChI=1S/2C27H44O/c2*1-19(2)8-6-9-21(4)25-15-16-26-22(10-7-17-27(25,26)5)12-13-23-18-24(28)14-11-20(23)3/h2*12-13,19,21,24-26,28H,3,6-11,14-18H2,1-2,4-5H3/b2*22-12+,23-13-/t2*21-,24+,25-,26+,27-/m11/s1. The van der Waals surface area contributed by atoms with Crippen molar-refractivity contribution in [3.05, 3.63) is 70.9 Å². The van der Waals surface area contributed by atoms with Crippen LogP contribution in [0.5, 0.6) is 0 Å². The highest BCUT2D eigenvalue weighted by Crippen LogP contribution is 2.61. The molecule has 0 aromatic rings. The first-order valence-corrected chi connectivity index (χ1v) is 24.1. The van der Waals surface area contributed by atoms with Gasteiger partial charge in [0, 0.05) is 0 Å². The van der Waals surface area contributed by atoms with Gasteiger partial charge in [0.25, 0.3) is 0 Å². The fourth-order valence-corrected chi connectivity index (χ4v) is 13.3. The summed E-state index contributed by atoms with van der Waals surface area (Å²) in [4.78, 5) is 0. The molecule has 0 aromatic carbocycles. The van der Waals surface area contributed by atoms with Gasteiger partial charge in [-0.25, -0.2) is 0 Å². The van der Waals surface area contributed by atoms with E-state index < -0.39 is 0 Å². The maximum absolute atomic E-state index is 10.0. The average molecular weight is 769 g/mol. The van der Waals surface area contributed by atoms with Crippen LogP contribution >= 0.6 is 0 Å². The molecule has 2 nitrogen and oxygen atoms in total. The van der Waals surface area contributed by atoms with Crippen LogP contribution in [0, 0.1) is 58.2 Å². The fourth-order valence-electron chi connectivity index (χ4n) is 13.3. The molecule has 2 N–H and O–H groups in total. The van der Waals surface area contributed by atoms with E-state index in [9.17, 15) is 10.2 Å². The fraction of sp³-hybridized carbons (Fsp3) is 0.778. The van der Waals surface area contributed by atoms with Crippen LogP contribution in [-0.2, 0) is 0 Å². The number of aliphatic hydroxyl groups is 2. The molecule has 6 saturated carbocycles. The molecule has 0 spiro atoms. The first-order chi connectivity index (χ1) is 26.6. The van der Waals surface area contributed by atoms with Crippen molar-refractivity contribution in [2.75, 3.05) is 0 Å². The van der Waals surface area contributed by atoms with E-state index >= 15 is 0 Å². The van der Waals surface area contributed by atoms with Crippen LogP contribution in [-0.4, -0.2) is 22.4 Å². The molecule has 0 unspecified atom stereocenters. The number of fused-ring (bicyclic) bond motifs is 2. The number of hydrogen-bond donors (Lipinski definition) is 2. The summed E-state index contributed by atoms with van der Waals surface area (Å²) in [6, 6.07) is 0. The highest BCUT2D eigenvalue weighted by Gasteiger charge is 2.51. The number of aliphatic hydroxyl groups excluding tert-OH is 2. The normalized spacial score (nSPS) is 37.6. The number of rotatable bonds is 12. The van der Waals surface area contributed by atoms with E-state index in [1.54, 1.807) is 11.1 Å². The Bertz CT molecular complexity index is 1330. The second-order valence-electron chi connectivity index (χ2n) is 21.7. The van der Waals surface area contributed by atoms with Crippen LogP contribution in [0.4, 0.5) is 0 Å². The van der Waals surface area contributed by atoms with E-state index in [4.69, 9.17) is 0 Å². The lowest BCUT2D eigenvalue weighted by atomic mass is 9.60. The third-order valence-electron chi connectivity index (χ3n) is 16.7. The molecule has 6 aliphatic carbocycles. The van der Waals surface area contributed by atoms with E-state index in [0.29, 0.717) is 10.8 Å². The summed E-state index contributed by atoms with van der Waals surface area (Å²) in [5, 5.41) is 20.0. The van der Waals surface area contributed by atoms with Crippen molar-refractivity contribution in [2.45, 2.75) is 209 Å². The second kappa shape index (κ2) is 20.6. The smallest absolute Gasteiger partial charge is 0.0583 e. The molecule has 6 aliphatic rings. The molecule has 2 heteroatoms. The lowest BCUT2D eigenvalue weighted by molar-refractivity contribution is 0.0928. The molecule has 0 radical (unpaired) electrons. The van der Waals surface area contributed by atoms with Crippen LogP contribution < -0.4 is 0 Å². The lowest BCUT2D eigenvalue weighted by Crippen LogP contribution is -2.36. The Balaban J connectivity index is 0.000000214. The van der Waals surface area contributed by atoms with Gasteiger partial charge < -0.3 is 10.2 Å². The van der Waals surface area contributed by atoms with E-state index in [0.717, 1.165) is 85.9 Å². The van der Waals surface area contributed by atoms with Gasteiger partial charge in [0.15, 0.2) is 0 Å². The molecular weight excluding hydrogens is 681 g/mol. The molecule has 0 bridgehead atoms. The van der Waals surface area contributed by atoms with Gasteiger partial charge in [-0.2, -0.15) is 0 Å². The van der Waals surface area contributed by atoms with Gasteiger partial charge in [-0.3, -0.25) is 0 Å². The van der Waals surface area contributed by atoms with E-state index in [2.05, 4.69) is 92.9 Å². The van der Waals surface area contributed by atoms with Gasteiger partial charge in [-0.1, -0.05) is 154 Å². The summed E-state index contributed by atoms with van der Waals surface area (Å²) in [6.07, 6.45) is 36.4. The van der Waals surface area contributed by atoms with Crippen molar-refractivity contribution in [3.63, 3.8) is 0 Å². The molecule has 6 fully saturated rings. The summed E-state index contributed by atoms with van der Waals surface area (Å²) in [5.74, 6) is 6.74. The molecule has 10 atom stereocenters. The summed E-state index contributed by atoms with van der Waals surface area (Å²) >= 11 is 0. The predicted octanol–water partition coefficient (Wildman–Crippen LogP) is 15.2. The monoisotopic (exact) mass is 769 g/mol. The largest absolute Gasteiger partial charge is 0.393 e. The molecular formula is C54H88O2. The Labute approximate surface area is 347 Å². The minimum absolute atomic E-state index is 0.172. The van der Waals surface area contributed by atoms with Gasteiger partial charge >= 0.3 is 0 Å². The first-order valence-electron chi connectivity index (χ1n) is 24.1. The molecule has 0 heterocycles. The summed E-state index contributed by atoms with van der Waals surface area (Å²) in [6.45, 7) is 28.2. The van der Waals surface area contributed by atoms with Crippen molar-refractivity contribution >= 4 is 0 Å². The Morgan fingerprint density at radius 3 is 1.32 bits per heavy atom. The minimum atomic E-state index is -0.172. The highest BCUT2D eigenvalue weighted by molar-refractivity contribution is 5.37. The molecule has 0 amide bonds. The van der Waals surface area contributed by atoms with Crippen molar-refractivity contribution in [2.24, 2.45) is 58.2 Å². The zero-order valence-electron chi connectivity index (χ0n) is 37.9. The third kappa shape index (κ3) is 11.3. The molecule has 0 aliphatic heterocycles. The second-order valence-corrected chi connectivity index (χ2v) is 21.7. The first kappa shape index (κ1) is 45.4. The topological polar surface area (TPSA) is 40.5 Å². The Morgan fingerprint density at radius 2 is 0.946 bits per heavy atom. The predicted molar refractivity (Wildman–Crippen MR) is 242 cm³/mol. The van der Waals surface area contributed by atoms with Crippen molar-refractivity contribution in [1.82, 2.24) is 0 Å². The maximum atomic E-state index is 10.0. The lowest BCUT2D eigenvalue weighted by Gasteiger charge is -2.44. The quantitative estimate of drug-likeness (QED) is 0.208. The van der Waals surface area contributed by atoms with Crippen LogP contribution in [0.3, 0.4) is 0 Å². The Morgan fingerprint density at radius 1 is 0.554 bits per heavy atom. The van der Waals surface area contributed by atoms with Crippen LogP contribution in [0.25, 0.3) is 0 Å². The third-order valence-corrected chi connectivity index (χ3v) is 16.7. The maximum Gasteiger partial charge on any atom is 0.0583 e. The molecule has 316 valence electrons. The average Bonchev–Trinajstić information content (AvgIpc) is 3.69. The number of allylic oxidation sites excluding steroid dienone is 8. The van der Waals surface area contributed by atoms with Gasteiger partial charge in [-0.15, -0.1) is 0 Å². The van der Waals surface area contributed by atoms with E-state index in [1.807, 2.05) is 0 Å². The van der Waals surface area contributed by atoms with Gasteiger partial charge in [0.2, 0.25) is 0 Å². The number of hydrogen-bond acceptors (Lipinski definition) is 2. The van der Waals surface area contributed by atoms with E-state index in [-0.39, 0.29) is 12.2 Å². The summed E-state index contributed by atoms with van der Waals surface area (Å²) in [5.41, 5.74) is 9.43. The van der Waals surface area contributed by atoms with Crippen LogP contribution in [0.15, 0.2) is 70.9 Å². The molecule has 6 rings (SSSR count). The van der Waals surface area contributed by atoms with Crippen molar-refractivity contribution in [3.8, 4) is 0 Å². The van der Waals surface area contributed by atoms with Gasteiger partial charge in [-0.05, 0) is 172 Å². The van der Waals surface area contributed by atoms with Crippen molar-refractivity contribution in [1.29, 1.82) is 0 Å². The van der Waals surface area contributed by atoms with Crippen LogP contribution in [0.1, 0.15) is 197 Å². The molecule has 0 aromatic heterocycles. The SMILES string of the molecule is C=C1CC[C@H](O)C/C1=C/C=C1\CCC[C@]2(C)[C@@H]([C@H](C)CCCC(C)C)CC[C@@H]12.C=C1CC[C@H](O)C/C1=C/C=C1\CCC[C@]2(C)[C@@H]([C@H](C)CCCC(C)C)CC[C@@H]12.